The highest BCUT2D eigenvalue weighted by atomic mass is 16.5. The molecule has 1 spiro atoms. The number of carbonyl (C=O) groups is 1. The van der Waals surface area contributed by atoms with E-state index in [-0.39, 0.29) is 23.2 Å². The molecule has 4 rings (SSSR count). The van der Waals surface area contributed by atoms with Gasteiger partial charge in [0.2, 0.25) is 17.7 Å². The summed E-state index contributed by atoms with van der Waals surface area (Å²) in [5, 5.41) is 19.7. The molecule has 0 radical (unpaired) electrons. The Morgan fingerprint density at radius 3 is 2.96 bits per heavy atom. The smallest absolute Gasteiger partial charge is 0.245 e. The highest BCUT2D eigenvalue weighted by molar-refractivity contribution is 6.12. The molecule has 3 heterocycles. The van der Waals surface area contributed by atoms with Gasteiger partial charge in [-0.3, -0.25) is 9.89 Å². The summed E-state index contributed by atoms with van der Waals surface area (Å²) in [6.07, 6.45) is 1.54. The average molecular weight is 321 g/mol. The lowest BCUT2D eigenvalue weighted by Gasteiger charge is -2.31. The summed E-state index contributed by atoms with van der Waals surface area (Å²) in [6.45, 7) is 2.03. The van der Waals surface area contributed by atoms with Crippen molar-refractivity contribution in [1.82, 2.24) is 10.2 Å². The van der Waals surface area contributed by atoms with E-state index >= 15 is 0 Å². The molecule has 0 aliphatic carbocycles. The largest absolute Gasteiger partial charge is 0.420 e. The number of fused-ring (bicyclic) bond motifs is 4. The van der Waals surface area contributed by atoms with Gasteiger partial charge in [-0.25, -0.2) is 0 Å². The van der Waals surface area contributed by atoms with Crippen molar-refractivity contribution in [2.24, 2.45) is 5.73 Å². The molecule has 7 nitrogen and oxygen atoms in total. The maximum atomic E-state index is 13.1. The van der Waals surface area contributed by atoms with Gasteiger partial charge in [0.05, 0.1) is 5.56 Å². The molecule has 7 heteroatoms. The first-order valence-electron chi connectivity index (χ1n) is 7.71. The summed E-state index contributed by atoms with van der Waals surface area (Å²) in [7, 11) is 0. The van der Waals surface area contributed by atoms with Gasteiger partial charge in [-0.1, -0.05) is 31.5 Å². The third-order valence-electron chi connectivity index (χ3n) is 4.54. The predicted molar refractivity (Wildman–Crippen MR) is 85.9 cm³/mol. The maximum Gasteiger partial charge on any atom is 0.245 e. The van der Waals surface area contributed by atoms with E-state index < -0.39 is 5.41 Å². The molecule has 0 bridgehead atoms. The van der Waals surface area contributed by atoms with Crippen LogP contribution in [-0.4, -0.2) is 16.1 Å². The molecule has 0 saturated carbocycles. The van der Waals surface area contributed by atoms with Gasteiger partial charge >= 0.3 is 0 Å². The lowest BCUT2D eigenvalue weighted by molar-refractivity contribution is -0.118. The number of aromatic nitrogens is 2. The first kappa shape index (κ1) is 14.3. The van der Waals surface area contributed by atoms with Gasteiger partial charge in [-0.15, -0.1) is 5.10 Å². The number of nitriles is 1. The summed E-state index contributed by atoms with van der Waals surface area (Å²) >= 11 is 0. The SMILES string of the molecule is CCCc1[nH]nc2c1[C@]1(C(=O)Nc3ccccc31)C(C#N)=C(N)O2. The minimum Gasteiger partial charge on any atom is -0.420 e. The van der Waals surface area contributed by atoms with Gasteiger partial charge in [0, 0.05) is 16.9 Å². The molecule has 2 aliphatic heterocycles. The van der Waals surface area contributed by atoms with Crippen molar-refractivity contribution < 1.29 is 9.53 Å². The molecular weight excluding hydrogens is 306 g/mol. The van der Waals surface area contributed by atoms with Crippen LogP contribution in [0.25, 0.3) is 0 Å². The topological polar surface area (TPSA) is 117 Å². The Morgan fingerprint density at radius 1 is 1.42 bits per heavy atom. The number of nitrogens with two attached hydrogens (primary N) is 1. The van der Waals surface area contributed by atoms with Crippen molar-refractivity contribution in [2.75, 3.05) is 5.32 Å². The molecular formula is C17H15N5O2. The maximum absolute atomic E-state index is 13.1. The minimum atomic E-state index is -1.32. The van der Waals surface area contributed by atoms with E-state index in [2.05, 4.69) is 21.6 Å². The molecule has 0 saturated heterocycles. The number of carbonyl (C=O) groups excluding carboxylic acids is 1. The van der Waals surface area contributed by atoms with Gasteiger partial charge in [0.25, 0.3) is 0 Å². The Hall–Kier alpha value is -3.27. The van der Waals surface area contributed by atoms with Crippen molar-refractivity contribution >= 4 is 11.6 Å². The standard InChI is InChI=1S/C17H15N5O2/c1-2-5-12-13-15(22-21-12)24-14(19)10(8-18)17(13)9-6-3-4-7-11(9)20-16(17)23/h3-4,6-7H,2,5,19H2,1H3,(H,20,23)(H,21,22)/t17-/m1/s1. The highest BCUT2D eigenvalue weighted by Gasteiger charge is 2.58. The van der Waals surface area contributed by atoms with E-state index in [4.69, 9.17) is 10.5 Å². The molecule has 1 atom stereocenters. The van der Waals surface area contributed by atoms with Crippen LogP contribution >= 0.6 is 0 Å². The zero-order valence-corrected chi connectivity index (χ0v) is 13.0. The van der Waals surface area contributed by atoms with Crippen LogP contribution in [0.4, 0.5) is 5.69 Å². The Bertz CT molecular complexity index is 937. The second-order valence-corrected chi connectivity index (χ2v) is 5.84. The van der Waals surface area contributed by atoms with Gasteiger partial charge in [-0.05, 0) is 12.5 Å². The monoisotopic (exact) mass is 321 g/mol. The van der Waals surface area contributed by atoms with E-state index in [9.17, 15) is 10.1 Å². The third kappa shape index (κ3) is 1.55. The summed E-state index contributed by atoms with van der Waals surface area (Å²) in [4.78, 5) is 13.1. The Morgan fingerprint density at radius 2 is 2.21 bits per heavy atom. The number of ether oxygens (including phenoxy) is 1. The number of nitrogens with one attached hydrogen (secondary N) is 2. The van der Waals surface area contributed by atoms with Crippen molar-refractivity contribution in [3.8, 4) is 11.9 Å². The molecule has 1 aromatic heterocycles. The number of hydrogen-bond acceptors (Lipinski definition) is 5. The summed E-state index contributed by atoms with van der Waals surface area (Å²) in [5.74, 6) is -0.153. The molecule has 120 valence electrons. The van der Waals surface area contributed by atoms with Crippen LogP contribution in [-0.2, 0) is 16.6 Å². The van der Waals surface area contributed by atoms with Crippen molar-refractivity contribution in [1.29, 1.82) is 5.26 Å². The van der Waals surface area contributed by atoms with Gasteiger partial charge in [-0.2, -0.15) is 5.26 Å². The van der Waals surface area contributed by atoms with Gasteiger partial charge < -0.3 is 15.8 Å². The predicted octanol–water partition coefficient (Wildman–Crippen LogP) is 1.69. The lowest BCUT2D eigenvalue weighted by atomic mass is 9.69. The fourth-order valence-corrected chi connectivity index (χ4v) is 3.61. The lowest BCUT2D eigenvalue weighted by Crippen LogP contribution is -2.42. The van der Waals surface area contributed by atoms with Gasteiger partial charge in [0.1, 0.15) is 17.1 Å². The number of nitrogens with zero attached hydrogens (tertiary/aromatic N) is 2. The van der Waals surface area contributed by atoms with Crippen LogP contribution in [0, 0.1) is 11.3 Å². The van der Waals surface area contributed by atoms with Crippen LogP contribution in [0.1, 0.15) is 30.2 Å². The zero-order valence-electron chi connectivity index (χ0n) is 13.0. The molecule has 4 N–H and O–H groups in total. The molecule has 2 aliphatic rings. The average Bonchev–Trinajstić information content (AvgIpc) is 3.09. The van der Waals surface area contributed by atoms with Crippen LogP contribution in [0.2, 0.25) is 0 Å². The zero-order chi connectivity index (χ0) is 16.9. The normalized spacial score (nSPS) is 21.1. The Kier molecular flexibility index (Phi) is 2.90. The van der Waals surface area contributed by atoms with Crippen molar-refractivity contribution in [2.45, 2.75) is 25.2 Å². The number of aryl methyl sites for hydroxylation is 1. The number of anilines is 1. The number of benzene rings is 1. The highest BCUT2D eigenvalue weighted by Crippen LogP contribution is 2.53. The second-order valence-electron chi connectivity index (χ2n) is 5.84. The number of rotatable bonds is 2. The van der Waals surface area contributed by atoms with E-state index in [1.165, 1.54) is 0 Å². The van der Waals surface area contributed by atoms with E-state index in [1.54, 1.807) is 0 Å². The molecule has 0 fully saturated rings. The van der Waals surface area contributed by atoms with E-state index in [1.807, 2.05) is 31.2 Å². The van der Waals surface area contributed by atoms with Crippen molar-refractivity contribution in [3.05, 3.63) is 52.5 Å². The molecule has 24 heavy (non-hydrogen) atoms. The van der Waals surface area contributed by atoms with Gasteiger partial charge in [0.15, 0.2) is 0 Å². The second kappa shape index (κ2) is 4.86. The minimum absolute atomic E-state index is 0.0913. The molecule has 1 aromatic carbocycles. The van der Waals surface area contributed by atoms with Crippen LogP contribution < -0.4 is 15.8 Å². The van der Waals surface area contributed by atoms with Crippen LogP contribution in [0.5, 0.6) is 5.88 Å². The number of amides is 1. The quantitative estimate of drug-likeness (QED) is 0.778. The Balaban J connectivity index is 2.12. The number of H-pyrrole nitrogens is 1. The van der Waals surface area contributed by atoms with E-state index in [0.29, 0.717) is 23.2 Å². The first-order valence-corrected chi connectivity index (χ1v) is 7.71. The number of para-hydroxylation sites is 1. The first-order chi connectivity index (χ1) is 11.6. The van der Waals surface area contributed by atoms with E-state index in [0.717, 1.165) is 12.1 Å². The number of hydrogen-bond donors (Lipinski definition) is 3. The number of aromatic amines is 1. The summed E-state index contributed by atoms with van der Waals surface area (Å²) in [6, 6.07) is 9.39. The molecule has 1 amide bonds. The summed E-state index contributed by atoms with van der Waals surface area (Å²) in [5.41, 5.74) is 7.45. The van der Waals surface area contributed by atoms with Crippen LogP contribution in [0.3, 0.4) is 0 Å². The van der Waals surface area contributed by atoms with Crippen LogP contribution in [0.15, 0.2) is 35.7 Å². The van der Waals surface area contributed by atoms with Crippen molar-refractivity contribution in [3.63, 3.8) is 0 Å². The summed E-state index contributed by atoms with van der Waals surface area (Å²) < 4.78 is 5.52. The Labute approximate surface area is 138 Å². The molecule has 2 aromatic rings. The fraction of sp³-hybridized carbons (Fsp3) is 0.235. The third-order valence-corrected chi connectivity index (χ3v) is 4.54. The molecule has 0 unspecified atom stereocenters. The fourth-order valence-electron chi connectivity index (χ4n) is 3.61.